The number of carbonyl (C=O) groups is 1. The highest BCUT2D eigenvalue weighted by Gasteiger charge is 2.31. The van der Waals surface area contributed by atoms with E-state index in [1.807, 2.05) is 0 Å². The van der Waals surface area contributed by atoms with Crippen molar-refractivity contribution < 1.29 is 27.8 Å². The molecule has 0 unspecified atom stereocenters. The smallest absolute Gasteiger partial charge is 0.481 e. The molecule has 1 aromatic carbocycles. The number of anilines is 1. The van der Waals surface area contributed by atoms with Gasteiger partial charge >= 0.3 is 12.3 Å². The zero-order valence-electron chi connectivity index (χ0n) is 12.9. The van der Waals surface area contributed by atoms with Crippen LogP contribution in [0.25, 0.3) is 0 Å². The lowest BCUT2D eigenvalue weighted by atomic mass is 10.0. The quantitative estimate of drug-likeness (QED) is 0.808. The summed E-state index contributed by atoms with van der Waals surface area (Å²) < 4.78 is 40.2. The van der Waals surface area contributed by atoms with Crippen molar-refractivity contribution in [1.82, 2.24) is 5.32 Å². The molecular formula is C15H20ClF3N2O3. The average Bonchev–Trinajstić information content (AvgIpc) is 2.47. The highest BCUT2D eigenvalue weighted by Crippen LogP contribution is 2.26. The van der Waals surface area contributed by atoms with Crippen molar-refractivity contribution in [2.24, 2.45) is 0 Å². The number of halogens is 4. The summed E-state index contributed by atoms with van der Waals surface area (Å²) in [7, 11) is 0. The monoisotopic (exact) mass is 368 g/mol. The number of alkyl halides is 3. The fourth-order valence-corrected chi connectivity index (χ4v) is 2.58. The van der Waals surface area contributed by atoms with Gasteiger partial charge in [-0.25, -0.2) is 0 Å². The Kier molecular flexibility index (Phi) is 7.62. The number of nitrogens with zero attached hydrogens (tertiary/aromatic N) is 1. The molecule has 1 aromatic rings. The molecule has 1 heterocycles. The number of hydrogen-bond donors (Lipinski definition) is 2. The largest absolute Gasteiger partial charge is 0.573 e. The number of carboxylic acids is 1. The summed E-state index contributed by atoms with van der Waals surface area (Å²) in [6, 6.07) is 6.11. The molecule has 5 nitrogen and oxygen atoms in total. The number of rotatable bonds is 6. The Morgan fingerprint density at radius 1 is 1.25 bits per heavy atom. The highest BCUT2D eigenvalue weighted by molar-refractivity contribution is 5.85. The summed E-state index contributed by atoms with van der Waals surface area (Å²) in [5.74, 6) is -1.05. The zero-order valence-corrected chi connectivity index (χ0v) is 13.7. The fraction of sp³-hybridized carbons (Fsp3) is 0.533. The van der Waals surface area contributed by atoms with E-state index in [-0.39, 0.29) is 30.6 Å². The Hall–Kier alpha value is -1.67. The van der Waals surface area contributed by atoms with Crippen molar-refractivity contribution in [2.75, 3.05) is 24.5 Å². The molecule has 0 aromatic heterocycles. The van der Waals surface area contributed by atoms with Gasteiger partial charge in [0, 0.05) is 31.4 Å². The summed E-state index contributed by atoms with van der Waals surface area (Å²) >= 11 is 0. The molecule has 2 N–H and O–H groups in total. The van der Waals surface area contributed by atoms with Crippen LogP contribution in [0.15, 0.2) is 24.3 Å². The highest BCUT2D eigenvalue weighted by atomic mass is 35.5. The van der Waals surface area contributed by atoms with E-state index in [4.69, 9.17) is 5.11 Å². The van der Waals surface area contributed by atoms with Crippen LogP contribution in [0.2, 0.25) is 0 Å². The lowest BCUT2D eigenvalue weighted by Crippen LogP contribution is -2.43. The minimum Gasteiger partial charge on any atom is -0.481 e. The van der Waals surface area contributed by atoms with E-state index < -0.39 is 12.3 Å². The van der Waals surface area contributed by atoms with Gasteiger partial charge in [-0.1, -0.05) is 0 Å². The summed E-state index contributed by atoms with van der Waals surface area (Å²) in [4.78, 5) is 12.6. The summed E-state index contributed by atoms with van der Waals surface area (Å²) in [6.45, 7) is 1.98. The zero-order chi connectivity index (χ0) is 16.9. The van der Waals surface area contributed by atoms with Crippen molar-refractivity contribution in [1.29, 1.82) is 0 Å². The van der Waals surface area contributed by atoms with Crippen molar-refractivity contribution in [3.63, 3.8) is 0 Å². The Balaban J connectivity index is 0.00000288. The van der Waals surface area contributed by atoms with Crippen LogP contribution in [-0.2, 0) is 4.79 Å². The normalized spacial score (nSPS) is 15.7. The molecule has 0 aliphatic carbocycles. The molecule has 0 radical (unpaired) electrons. The fourth-order valence-electron chi connectivity index (χ4n) is 2.58. The van der Waals surface area contributed by atoms with Crippen molar-refractivity contribution in [3.8, 4) is 5.75 Å². The second kappa shape index (κ2) is 8.98. The second-order valence-electron chi connectivity index (χ2n) is 5.40. The Bertz CT molecular complexity index is 518. The van der Waals surface area contributed by atoms with Gasteiger partial charge in [0.25, 0.3) is 0 Å². The molecule has 24 heavy (non-hydrogen) atoms. The molecule has 1 saturated heterocycles. The van der Waals surface area contributed by atoms with Crippen LogP contribution in [0.3, 0.4) is 0 Å². The van der Waals surface area contributed by atoms with Crippen LogP contribution >= 0.6 is 12.4 Å². The van der Waals surface area contributed by atoms with Crippen LogP contribution in [-0.4, -0.2) is 43.1 Å². The summed E-state index contributed by atoms with van der Waals surface area (Å²) in [6.07, 6.45) is -2.86. The molecule has 0 spiro atoms. The van der Waals surface area contributed by atoms with Crippen LogP contribution in [0.4, 0.5) is 18.9 Å². The van der Waals surface area contributed by atoms with Gasteiger partial charge in [0.15, 0.2) is 0 Å². The van der Waals surface area contributed by atoms with Crippen LogP contribution in [0.5, 0.6) is 5.75 Å². The minimum absolute atomic E-state index is 0. The number of piperidine rings is 1. The Morgan fingerprint density at radius 2 is 1.83 bits per heavy atom. The van der Waals surface area contributed by atoms with E-state index in [1.165, 1.54) is 12.1 Å². The first-order valence-electron chi connectivity index (χ1n) is 7.39. The molecular weight excluding hydrogens is 349 g/mol. The molecule has 1 aliphatic rings. The molecule has 0 bridgehead atoms. The first-order valence-corrected chi connectivity index (χ1v) is 7.39. The number of aliphatic carboxylic acids is 1. The third-order valence-corrected chi connectivity index (χ3v) is 3.70. The molecule has 9 heteroatoms. The Labute approximate surface area is 144 Å². The molecule has 136 valence electrons. The van der Waals surface area contributed by atoms with E-state index in [1.54, 1.807) is 12.1 Å². The van der Waals surface area contributed by atoms with Gasteiger partial charge in [0.1, 0.15) is 5.75 Å². The molecule has 0 amide bonds. The topological polar surface area (TPSA) is 61.8 Å². The maximum Gasteiger partial charge on any atom is 0.573 e. The lowest BCUT2D eigenvalue weighted by molar-refractivity contribution is -0.274. The predicted molar refractivity (Wildman–Crippen MR) is 85.9 cm³/mol. The number of nitrogens with one attached hydrogen (secondary N) is 1. The molecule has 1 fully saturated rings. The maximum atomic E-state index is 12.1. The SMILES string of the molecule is Cl.O=C(O)CCNC1CCN(c2ccc(OC(F)(F)F)cc2)CC1. The van der Waals surface area contributed by atoms with E-state index >= 15 is 0 Å². The van der Waals surface area contributed by atoms with Crippen molar-refractivity contribution in [2.45, 2.75) is 31.7 Å². The summed E-state index contributed by atoms with van der Waals surface area (Å²) in [5.41, 5.74) is 0.850. The van der Waals surface area contributed by atoms with Crippen molar-refractivity contribution >= 4 is 24.1 Å². The van der Waals surface area contributed by atoms with E-state index in [0.717, 1.165) is 31.6 Å². The first kappa shape index (κ1) is 20.4. The van der Waals surface area contributed by atoms with E-state index in [0.29, 0.717) is 6.54 Å². The maximum absolute atomic E-state index is 12.1. The van der Waals surface area contributed by atoms with Gasteiger partial charge < -0.3 is 20.1 Å². The number of benzene rings is 1. The molecule has 1 aliphatic heterocycles. The number of ether oxygens (including phenoxy) is 1. The first-order chi connectivity index (χ1) is 10.8. The summed E-state index contributed by atoms with van der Waals surface area (Å²) in [5, 5.41) is 11.8. The lowest BCUT2D eigenvalue weighted by Gasteiger charge is -2.34. The third kappa shape index (κ3) is 6.84. The van der Waals surface area contributed by atoms with Crippen LogP contribution in [0, 0.1) is 0 Å². The van der Waals surface area contributed by atoms with Gasteiger partial charge in [-0.3, -0.25) is 4.79 Å². The third-order valence-electron chi connectivity index (χ3n) is 3.70. The minimum atomic E-state index is -4.68. The van der Waals surface area contributed by atoms with Crippen molar-refractivity contribution in [3.05, 3.63) is 24.3 Å². The number of hydrogen-bond acceptors (Lipinski definition) is 4. The van der Waals surface area contributed by atoms with Gasteiger partial charge in [0.2, 0.25) is 0 Å². The second-order valence-corrected chi connectivity index (χ2v) is 5.40. The van der Waals surface area contributed by atoms with E-state index in [9.17, 15) is 18.0 Å². The molecule has 0 saturated carbocycles. The molecule has 2 rings (SSSR count). The average molecular weight is 369 g/mol. The van der Waals surface area contributed by atoms with Gasteiger partial charge in [-0.2, -0.15) is 0 Å². The van der Waals surface area contributed by atoms with Crippen LogP contribution in [0.1, 0.15) is 19.3 Å². The van der Waals surface area contributed by atoms with Gasteiger partial charge in [-0.05, 0) is 37.1 Å². The van der Waals surface area contributed by atoms with E-state index in [2.05, 4.69) is 15.0 Å². The van der Waals surface area contributed by atoms with Gasteiger partial charge in [-0.15, -0.1) is 25.6 Å². The van der Waals surface area contributed by atoms with Gasteiger partial charge in [0.05, 0.1) is 6.42 Å². The molecule has 0 atom stereocenters. The predicted octanol–water partition coefficient (Wildman–Crippen LogP) is 3.04. The standard InChI is InChI=1S/C15H19F3N2O3.ClH/c16-15(17,18)23-13-3-1-12(2-4-13)20-9-6-11(7-10-20)19-8-5-14(21)22;/h1-4,11,19H,5-10H2,(H,21,22);1H. The number of carboxylic acid groups (broad SMARTS) is 1. The Morgan fingerprint density at radius 3 is 2.33 bits per heavy atom. The van der Waals surface area contributed by atoms with Crippen LogP contribution < -0.4 is 15.0 Å².